The molecule has 0 aliphatic rings. The van der Waals surface area contributed by atoms with E-state index < -0.39 is 13.9 Å². The number of hydrogen-bond donors (Lipinski definition) is 1. The van der Waals surface area contributed by atoms with Crippen molar-refractivity contribution in [2.24, 2.45) is 5.73 Å². The summed E-state index contributed by atoms with van der Waals surface area (Å²) in [6, 6.07) is 0. The number of hydrogen-bond acceptors (Lipinski definition) is 6. The molecule has 0 amide bonds. The van der Waals surface area contributed by atoms with Crippen molar-refractivity contribution in [2.75, 3.05) is 54.1 Å². The number of nitrogens with two attached hydrogens (primary N) is 1. The Hall–Kier alpha value is -0.0100. The fourth-order valence-electron chi connectivity index (χ4n) is 3.92. The van der Waals surface area contributed by atoms with Gasteiger partial charge in [0.05, 0.1) is 27.7 Å². The monoisotopic (exact) mass is 522 g/mol. The minimum atomic E-state index is -4.37. The Bertz CT molecular complexity index is 502. The lowest BCUT2D eigenvalue weighted by Crippen LogP contribution is -2.38. The highest BCUT2D eigenvalue weighted by atomic mass is 31.2. The first kappa shape index (κ1) is 35.0. The first-order chi connectivity index (χ1) is 16.7. The topological polar surface area (TPSA) is 93.8 Å². The fourth-order valence-corrected chi connectivity index (χ4v) is 4.80. The van der Waals surface area contributed by atoms with Crippen LogP contribution in [0.15, 0.2) is 0 Å². The first-order valence-electron chi connectivity index (χ1n) is 14.4. The average molecular weight is 523 g/mol. The van der Waals surface area contributed by atoms with Crippen LogP contribution < -0.4 is 10.6 Å². The van der Waals surface area contributed by atoms with Crippen molar-refractivity contribution in [3.8, 4) is 0 Å². The van der Waals surface area contributed by atoms with E-state index in [1.807, 2.05) is 21.1 Å². The number of likely N-dealkylation sites (N-methyl/N-ethyl adjacent to an activating group) is 1. The molecule has 0 saturated heterocycles. The molecular weight excluding hydrogens is 463 g/mol. The summed E-state index contributed by atoms with van der Waals surface area (Å²) in [6.07, 6.45) is 22.1. The molecule has 35 heavy (non-hydrogen) atoms. The summed E-state index contributed by atoms with van der Waals surface area (Å²) in [5.41, 5.74) is 5.64. The molecule has 8 heteroatoms. The molecule has 0 aliphatic heterocycles. The first-order valence-corrected chi connectivity index (χ1v) is 15.9. The van der Waals surface area contributed by atoms with Gasteiger partial charge in [-0.05, 0) is 6.42 Å². The van der Waals surface area contributed by atoms with Gasteiger partial charge in [-0.15, -0.1) is 0 Å². The molecule has 0 fully saturated rings. The van der Waals surface area contributed by atoms with Gasteiger partial charge in [0.15, 0.2) is 0 Å². The third-order valence-corrected chi connectivity index (χ3v) is 7.30. The predicted octanol–water partition coefficient (Wildman–Crippen LogP) is 6.19. The Labute approximate surface area is 217 Å². The van der Waals surface area contributed by atoms with E-state index in [2.05, 4.69) is 6.92 Å². The highest BCUT2D eigenvalue weighted by Gasteiger charge is 2.19. The second kappa shape index (κ2) is 23.1. The molecular formula is C27H59N2O5P. The van der Waals surface area contributed by atoms with Crippen molar-refractivity contribution < 1.29 is 27.7 Å². The predicted molar refractivity (Wildman–Crippen MR) is 145 cm³/mol. The number of rotatable bonds is 27. The largest absolute Gasteiger partial charge is 0.756 e. The van der Waals surface area contributed by atoms with Crippen LogP contribution in [0.2, 0.25) is 0 Å². The lowest BCUT2D eigenvalue weighted by Gasteiger charge is -2.29. The Morgan fingerprint density at radius 3 is 1.57 bits per heavy atom. The highest BCUT2D eigenvalue weighted by Crippen LogP contribution is 2.39. The molecule has 0 aromatic carbocycles. The van der Waals surface area contributed by atoms with Crippen molar-refractivity contribution >= 4 is 7.82 Å². The molecule has 0 radical (unpaired) electrons. The van der Waals surface area contributed by atoms with Crippen LogP contribution in [-0.4, -0.2) is 64.6 Å². The highest BCUT2D eigenvalue weighted by molar-refractivity contribution is 7.45. The van der Waals surface area contributed by atoms with E-state index in [1.54, 1.807) is 0 Å². The van der Waals surface area contributed by atoms with E-state index in [-0.39, 0.29) is 19.8 Å². The minimum absolute atomic E-state index is 0.0734. The molecule has 0 bridgehead atoms. The van der Waals surface area contributed by atoms with Gasteiger partial charge in [0.2, 0.25) is 0 Å². The van der Waals surface area contributed by atoms with Crippen molar-refractivity contribution in [1.29, 1.82) is 0 Å². The van der Waals surface area contributed by atoms with Gasteiger partial charge in [0, 0.05) is 13.2 Å². The fraction of sp³-hybridized carbons (Fsp3) is 1.00. The number of phosphoric ester groups is 1. The van der Waals surface area contributed by atoms with Crippen LogP contribution in [0.25, 0.3) is 0 Å². The van der Waals surface area contributed by atoms with Crippen LogP contribution >= 0.6 is 7.82 Å². The molecule has 0 heterocycles. The third-order valence-electron chi connectivity index (χ3n) is 6.25. The Morgan fingerprint density at radius 2 is 1.17 bits per heavy atom. The zero-order valence-electron chi connectivity index (χ0n) is 23.6. The van der Waals surface area contributed by atoms with Crippen LogP contribution in [0.3, 0.4) is 0 Å². The van der Waals surface area contributed by atoms with Gasteiger partial charge in [-0.1, -0.05) is 110 Å². The van der Waals surface area contributed by atoms with Crippen LogP contribution in [0.5, 0.6) is 0 Å². The zero-order chi connectivity index (χ0) is 26.3. The van der Waals surface area contributed by atoms with E-state index in [1.165, 1.54) is 96.3 Å². The van der Waals surface area contributed by atoms with Crippen LogP contribution in [0.1, 0.15) is 116 Å². The number of unbranched alkanes of at least 4 members (excludes halogenated alkanes) is 16. The van der Waals surface area contributed by atoms with E-state index in [9.17, 15) is 9.46 Å². The van der Waals surface area contributed by atoms with Gasteiger partial charge in [-0.2, -0.15) is 0 Å². The molecule has 7 nitrogen and oxygen atoms in total. The van der Waals surface area contributed by atoms with Gasteiger partial charge in [0.25, 0.3) is 7.82 Å². The van der Waals surface area contributed by atoms with E-state index >= 15 is 0 Å². The molecule has 2 atom stereocenters. The molecule has 2 unspecified atom stereocenters. The normalized spacial score (nSPS) is 14.8. The number of ether oxygens (including phenoxy) is 1. The van der Waals surface area contributed by atoms with E-state index in [0.29, 0.717) is 17.6 Å². The van der Waals surface area contributed by atoms with Crippen molar-refractivity contribution in [1.82, 2.24) is 0 Å². The van der Waals surface area contributed by atoms with Gasteiger partial charge in [-0.3, -0.25) is 4.57 Å². The van der Waals surface area contributed by atoms with Crippen LogP contribution in [-0.2, 0) is 18.3 Å². The van der Waals surface area contributed by atoms with E-state index in [4.69, 9.17) is 19.5 Å². The van der Waals surface area contributed by atoms with Crippen LogP contribution in [0.4, 0.5) is 0 Å². The second-order valence-electron chi connectivity index (χ2n) is 11.0. The molecule has 0 rings (SSSR count). The zero-order valence-corrected chi connectivity index (χ0v) is 24.5. The Morgan fingerprint density at radius 1 is 0.743 bits per heavy atom. The maximum absolute atomic E-state index is 12.0. The summed E-state index contributed by atoms with van der Waals surface area (Å²) in [6.45, 7) is 3.77. The molecule has 0 spiro atoms. The summed E-state index contributed by atoms with van der Waals surface area (Å²) >= 11 is 0. The smallest absolute Gasteiger partial charge is 0.268 e. The Balaban J connectivity index is 3.47. The summed E-state index contributed by atoms with van der Waals surface area (Å²) in [7, 11) is 1.54. The molecule has 212 valence electrons. The molecule has 0 saturated carbocycles. The maximum atomic E-state index is 12.0. The number of nitrogens with zero attached hydrogens (tertiary/aromatic N) is 1. The number of quaternary nitrogens is 1. The summed E-state index contributed by atoms with van der Waals surface area (Å²) in [5.74, 6) is 0. The number of phosphoric acid groups is 1. The van der Waals surface area contributed by atoms with Gasteiger partial charge < -0.3 is 28.9 Å². The Kier molecular flexibility index (Phi) is 23.1. The molecule has 0 aromatic rings. The van der Waals surface area contributed by atoms with Gasteiger partial charge >= 0.3 is 0 Å². The summed E-state index contributed by atoms with van der Waals surface area (Å²) in [4.78, 5) is 12.0. The van der Waals surface area contributed by atoms with Crippen molar-refractivity contribution in [2.45, 2.75) is 122 Å². The minimum Gasteiger partial charge on any atom is -0.756 e. The second-order valence-corrected chi connectivity index (χ2v) is 12.4. The quantitative estimate of drug-likeness (QED) is 0.0785. The van der Waals surface area contributed by atoms with Crippen molar-refractivity contribution in [3.05, 3.63) is 0 Å². The average Bonchev–Trinajstić information content (AvgIpc) is 2.78. The third kappa shape index (κ3) is 26.9. The molecule has 0 aliphatic carbocycles. The van der Waals surface area contributed by atoms with Gasteiger partial charge in [-0.25, -0.2) is 0 Å². The molecule has 2 N–H and O–H groups in total. The maximum Gasteiger partial charge on any atom is 0.268 e. The SMILES string of the molecule is CCCCCCCCCCCCCCCCCCCOCC(CN)OP(=O)([O-])OCC[N+](C)(C)C. The summed E-state index contributed by atoms with van der Waals surface area (Å²) < 4.78 is 28.1. The van der Waals surface area contributed by atoms with Gasteiger partial charge in [0.1, 0.15) is 19.3 Å². The lowest BCUT2D eigenvalue weighted by molar-refractivity contribution is -0.870. The lowest BCUT2D eigenvalue weighted by atomic mass is 10.0. The van der Waals surface area contributed by atoms with Crippen LogP contribution in [0, 0.1) is 0 Å². The van der Waals surface area contributed by atoms with E-state index in [0.717, 1.165) is 12.8 Å². The summed E-state index contributed by atoms with van der Waals surface area (Å²) in [5, 5.41) is 0. The standard InChI is InChI=1S/C27H59N2O5P/c1-5-6-7-8-9-10-11-12-13-14-15-16-17-18-19-20-21-23-32-26-27(25-28)34-35(30,31)33-24-22-29(2,3)4/h27H,5-26,28H2,1-4H3. The van der Waals surface area contributed by atoms with Crippen molar-refractivity contribution in [3.63, 3.8) is 0 Å². The molecule has 0 aromatic heterocycles.